The summed E-state index contributed by atoms with van der Waals surface area (Å²) in [7, 11) is 0. The van der Waals surface area contributed by atoms with Gasteiger partial charge in [0, 0.05) is 12.1 Å². The Morgan fingerprint density at radius 1 is 1.42 bits per heavy atom. The van der Waals surface area contributed by atoms with Crippen LogP contribution in [0.3, 0.4) is 0 Å². The van der Waals surface area contributed by atoms with Crippen molar-refractivity contribution in [1.29, 1.82) is 0 Å². The van der Waals surface area contributed by atoms with Gasteiger partial charge in [-0.25, -0.2) is 4.98 Å². The maximum Gasteiger partial charge on any atom is 0.135 e. The number of rotatable bonds is 3. The van der Waals surface area contributed by atoms with E-state index in [1.165, 1.54) is 0 Å². The van der Waals surface area contributed by atoms with Crippen LogP contribution in [0.25, 0.3) is 0 Å². The second kappa shape index (κ2) is 4.65. The molecule has 0 atom stereocenters. The van der Waals surface area contributed by atoms with Gasteiger partial charge in [-0.3, -0.25) is 0 Å². The average molecular weight is 205 g/mol. The maximum atomic E-state index is 5.83. The molecular formula is C8H10Cl2N2. The Morgan fingerprint density at radius 2 is 2.17 bits per heavy atom. The maximum absolute atomic E-state index is 5.83. The van der Waals surface area contributed by atoms with E-state index in [2.05, 4.69) is 10.3 Å². The summed E-state index contributed by atoms with van der Waals surface area (Å²) in [5.41, 5.74) is 0.975. The van der Waals surface area contributed by atoms with E-state index >= 15 is 0 Å². The topological polar surface area (TPSA) is 24.9 Å². The Hall–Kier alpha value is -0.310. The fourth-order valence-corrected chi connectivity index (χ4v) is 1.24. The smallest absolute Gasteiger partial charge is 0.135 e. The van der Waals surface area contributed by atoms with Gasteiger partial charge in [-0.2, -0.15) is 0 Å². The van der Waals surface area contributed by atoms with Crippen molar-refractivity contribution in [2.45, 2.75) is 13.5 Å². The molecule has 0 saturated carbocycles. The van der Waals surface area contributed by atoms with E-state index in [1.807, 2.05) is 13.0 Å². The van der Waals surface area contributed by atoms with Crippen LogP contribution in [0, 0.1) is 0 Å². The molecule has 0 amide bonds. The normalized spacial score (nSPS) is 10.2. The average Bonchev–Trinajstić information content (AvgIpc) is 2.03. The highest BCUT2D eigenvalue weighted by Crippen LogP contribution is 2.15. The molecule has 4 heteroatoms. The summed E-state index contributed by atoms with van der Waals surface area (Å²) >= 11 is 11.5. The van der Waals surface area contributed by atoms with Crippen molar-refractivity contribution in [2.75, 3.05) is 6.54 Å². The van der Waals surface area contributed by atoms with Crippen LogP contribution in [-0.2, 0) is 6.54 Å². The fourth-order valence-electron chi connectivity index (χ4n) is 0.832. The summed E-state index contributed by atoms with van der Waals surface area (Å²) in [5.74, 6) is 0. The van der Waals surface area contributed by atoms with Gasteiger partial charge < -0.3 is 5.32 Å². The summed E-state index contributed by atoms with van der Waals surface area (Å²) in [5, 5.41) is 4.06. The Balaban J connectivity index is 2.72. The van der Waals surface area contributed by atoms with Gasteiger partial charge in [0.2, 0.25) is 0 Å². The summed E-state index contributed by atoms with van der Waals surface area (Å²) in [6, 6.07) is 3.61. The minimum Gasteiger partial charge on any atom is -0.313 e. The van der Waals surface area contributed by atoms with E-state index < -0.39 is 0 Å². The minimum absolute atomic E-state index is 0.431. The molecule has 0 saturated heterocycles. The zero-order chi connectivity index (χ0) is 8.97. The van der Waals surface area contributed by atoms with Crippen molar-refractivity contribution in [1.82, 2.24) is 10.3 Å². The number of nitrogens with one attached hydrogen (secondary N) is 1. The van der Waals surface area contributed by atoms with Gasteiger partial charge in [0.1, 0.15) is 10.3 Å². The van der Waals surface area contributed by atoms with Gasteiger partial charge >= 0.3 is 0 Å². The first-order valence-corrected chi connectivity index (χ1v) is 4.51. The highest BCUT2D eigenvalue weighted by molar-refractivity contribution is 6.32. The fraction of sp³-hybridized carbons (Fsp3) is 0.375. The number of hydrogen-bond donors (Lipinski definition) is 1. The van der Waals surface area contributed by atoms with Crippen LogP contribution in [0.5, 0.6) is 0 Å². The van der Waals surface area contributed by atoms with E-state index in [4.69, 9.17) is 23.2 Å². The van der Waals surface area contributed by atoms with Gasteiger partial charge in [-0.15, -0.1) is 0 Å². The quantitative estimate of drug-likeness (QED) is 0.766. The van der Waals surface area contributed by atoms with Crippen molar-refractivity contribution in [3.8, 4) is 0 Å². The predicted molar refractivity (Wildman–Crippen MR) is 51.6 cm³/mol. The van der Waals surface area contributed by atoms with Gasteiger partial charge in [0.25, 0.3) is 0 Å². The second-order valence-electron chi connectivity index (χ2n) is 2.36. The Bertz CT molecular complexity index is 263. The lowest BCUT2D eigenvalue weighted by Crippen LogP contribution is -2.12. The summed E-state index contributed by atoms with van der Waals surface area (Å²) in [6.45, 7) is 3.69. The lowest BCUT2D eigenvalue weighted by molar-refractivity contribution is 0.724. The van der Waals surface area contributed by atoms with Gasteiger partial charge in [0.15, 0.2) is 0 Å². The molecule has 66 valence electrons. The molecule has 1 aromatic rings. The van der Waals surface area contributed by atoms with Gasteiger partial charge in [0.05, 0.1) is 0 Å². The third-order valence-corrected chi connectivity index (χ3v) is 2.00. The number of pyridine rings is 1. The molecule has 0 aliphatic rings. The van der Waals surface area contributed by atoms with Crippen molar-refractivity contribution in [3.63, 3.8) is 0 Å². The van der Waals surface area contributed by atoms with Crippen LogP contribution in [-0.4, -0.2) is 11.5 Å². The van der Waals surface area contributed by atoms with Crippen LogP contribution in [0.15, 0.2) is 12.1 Å². The van der Waals surface area contributed by atoms with E-state index in [1.54, 1.807) is 6.07 Å². The molecular weight excluding hydrogens is 195 g/mol. The number of hydrogen-bond acceptors (Lipinski definition) is 2. The molecule has 1 heterocycles. The van der Waals surface area contributed by atoms with Gasteiger partial charge in [-0.1, -0.05) is 36.2 Å². The minimum atomic E-state index is 0.431. The van der Waals surface area contributed by atoms with Crippen LogP contribution in [0.2, 0.25) is 10.3 Å². The third kappa shape index (κ3) is 2.63. The zero-order valence-corrected chi connectivity index (χ0v) is 8.28. The summed E-state index contributed by atoms with van der Waals surface area (Å²) < 4.78 is 0. The first-order valence-electron chi connectivity index (χ1n) is 3.75. The lowest BCUT2D eigenvalue weighted by atomic mass is 10.3. The van der Waals surface area contributed by atoms with Crippen LogP contribution < -0.4 is 5.32 Å². The van der Waals surface area contributed by atoms with Crippen LogP contribution in [0.4, 0.5) is 0 Å². The molecule has 1 N–H and O–H groups in total. The van der Waals surface area contributed by atoms with Crippen molar-refractivity contribution >= 4 is 23.2 Å². The third-order valence-electron chi connectivity index (χ3n) is 1.46. The molecule has 0 aromatic carbocycles. The van der Waals surface area contributed by atoms with Crippen molar-refractivity contribution < 1.29 is 0 Å². The molecule has 12 heavy (non-hydrogen) atoms. The monoisotopic (exact) mass is 204 g/mol. The number of halogens is 2. The Labute approximate surface area is 81.9 Å². The molecule has 1 aromatic heterocycles. The van der Waals surface area contributed by atoms with Gasteiger partial charge in [-0.05, 0) is 12.6 Å². The van der Waals surface area contributed by atoms with E-state index in [0.717, 1.165) is 18.7 Å². The molecule has 0 fully saturated rings. The molecule has 0 bridgehead atoms. The van der Waals surface area contributed by atoms with E-state index in [9.17, 15) is 0 Å². The first kappa shape index (κ1) is 9.78. The molecule has 2 nitrogen and oxygen atoms in total. The van der Waals surface area contributed by atoms with Crippen LogP contribution >= 0.6 is 23.2 Å². The summed E-state index contributed by atoms with van der Waals surface area (Å²) in [4.78, 5) is 3.92. The molecule has 0 unspecified atom stereocenters. The molecule has 1 rings (SSSR count). The standard InChI is InChI=1S/C8H10Cl2N2/c1-2-11-5-6-3-4-7(9)12-8(6)10/h3-4,11H,2,5H2,1H3. The number of nitrogens with zero attached hydrogens (tertiary/aromatic N) is 1. The Morgan fingerprint density at radius 3 is 2.75 bits per heavy atom. The molecule has 0 spiro atoms. The predicted octanol–water partition coefficient (Wildman–Crippen LogP) is 2.50. The molecule has 0 aliphatic heterocycles. The first-order chi connectivity index (χ1) is 5.74. The molecule has 0 radical (unpaired) electrons. The SMILES string of the molecule is CCNCc1ccc(Cl)nc1Cl. The Kier molecular flexibility index (Phi) is 3.79. The second-order valence-corrected chi connectivity index (χ2v) is 3.11. The lowest BCUT2D eigenvalue weighted by Gasteiger charge is -2.03. The van der Waals surface area contributed by atoms with Crippen LogP contribution in [0.1, 0.15) is 12.5 Å². The largest absolute Gasteiger partial charge is 0.313 e. The van der Waals surface area contributed by atoms with E-state index in [-0.39, 0.29) is 0 Å². The van der Waals surface area contributed by atoms with Crippen molar-refractivity contribution in [2.24, 2.45) is 0 Å². The highest BCUT2D eigenvalue weighted by atomic mass is 35.5. The van der Waals surface area contributed by atoms with E-state index in [0.29, 0.717) is 10.3 Å². The molecule has 0 aliphatic carbocycles. The highest BCUT2D eigenvalue weighted by Gasteiger charge is 2.00. The zero-order valence-electron chi connectivity index (χ0n) is 6.77. The summed E-state index contributed by atoms with van der Waals surface area (Å²) in [6.07, 6.45) is 0. The number of aromatic nitrogens is 1. The van der Waals surface area contributed by atoms with Crippen molar-refractivity contribution in [3.05, 3.63) is 28.0 Å².